The predicted octanol–water partition coefficient (Wildman–Crippen LogP) is -0.0328. The van der Waals surface area contributed by atoms with Gasteiger partial charge in [0.2, 0.25) is 17.8 Å². The average molecular weight is 842 g/mol. The van der Waals surface area contributed by atoms with Gasteiger partial charge in [-0.25, -0.2) is 0 Å². The number of carbonyl (C=O) groups is 5. The van der Waals surface area contributed by atoms with Crippen LogP contribution in [0.3, 0.4) is 0 Å². The zero-order valence-corrected chi connectivity index (χ0v) is 34.0. The van der Waals surface area contributed by atoms with E-state index in [9.17, 15) is 44.4 Å². The van der Waals surface area contributed by atoms with Crippen molar-refractivity contribution in [1.29, 1.82) is 0 Å². The van der Waals surface area contributed by atoms with E-state index in [1.165, 1.54) is 0 Å². The van der Waals surface area contributed by atoms with Crippen molar-refractivity contribution in [2.24, 2.45) is 5.92 Å². The quantitative estimate of drug-likeness (QED) is 0.104. The first-order valence-corrected chi connectivity index (χ1v) is 20.6. The molecule has 0 amide bonds. The van der Waals surface area contributed by atoms with Gasteiger partial charge in [-0.05, 0) is 55.7 Å². The summed E-state index contributed by atoms with van der Waals surface area (Å²) in [6.07, 6.45) is 3.90. The fourth-order valence-corrected chi connectivity index (χ4v) is 8.00. The molecule has 0 radical (unpaired) electrons. The van der Waals surface area contributed by atoms with Crippen molar-refractivity contribution in [3.05, 3.63) is 29.8 Å². The van der Waals surface area contributed by atoms with Gasteiger partial charge in [0.1, 0.15) is 0 Å². The topological polar surface area (TPSA) is 269 Å². The molecule has 3 fully saturated rings. The second-order valence-corrected chi connectivity index (χ2v) is 15.7. The summed E-state index contributed by atoms with van der Waals surface area (Å²) in [5.74, 6) is -3.06. The van der Waals surface area contributed by atoms with E-state index >= 15 is 0 Å². The van der Waals surface area contributed by atoms with Crippen LogP contribution in [-0.2, 0) is 30.4 Å². The van der Waals surface area contributed by atoms with Crippen molar-refractivity contribution in [1.82, 2.24) is 39.9 Å². The number of rotatable bonds is 18. The number of aliphatic carboxylic acids is 5. The normalized spacial score (nSPS) is 19.9. The lowest BCUT2D eigenvalue weighted by Crippen LogP contribution is -2.53. The number of piperidine rings is 1. The predicted molar refractivity (Wildman–Crippen MR) is 220 cm³/mol. The first-order valence-electron chi connectivity index (χ1n) is 20.6. The highest BCUT2D eigenvalue weighted by molar-refractivity contribution is 5.70. The minimum absolute atomic E-state index is 0.168. The summed E-state index contributed by atoms with van der Waals surface area (Å²) in [4.78, 5) is 84.0. The summed E-state index contributed by atoms with van der Waals surface area (Å²) in [5.41, 5.74) is 1.55. The highest BCUT2D eigenvalue weighted by Gasteiger charge is 2.28. The van der Waals surface area contributed by atoms with Crippen LogP contribution < -0.4 is 20.4 Å². The van der Waals surface area contributed by atoms with Crippen LogP contribution in [0.1, 0.15) is 37.7 Å². The van der Waals surface area contributed by atoms with Crippen LogP contribution in [0.15, 0.2) is 24.3 Å². The number of benzene rings is 1. The zero-order chi connectivity index (χ0) is 43.0. The average Bonchev–Trinajstić information content (AvgIpc) is 3.20. The molecule has 5 rings (SSSR count). The lowest BCUT2D eigenvalue weighted by molar-refractivity contribution is -0.142. The molecule has 0 saturated carbocycles. The zero-order valence-electron chi connectivity index (χ0n) is 34.0. The third kappa shape index (κ3) is 15.4. The van der Waals surface area contributed by atoms with E-state index in [1.807, 2.05) is 24.3 Å². The largest absolute Gasteiger partial charge is 0.481 e. The maximum Gasteiger partial charge on any atom is 0.317 e. The minimum Gasteiger partial charge on any atom is -0.481 e. The summed E-state index contributed by atoms with van der Waals surface area (Å²) >= 11 is 0. The molecule has 3 aliphatic heterocycles. The van der Waals surface area contributed by atoms with Crippen LogP contribution in [0.5, 0.6) is 0 Å². The number of anilines is 4. The van der Waals surface area contributed by atoms with Gasteiger partial charge >= 0.3 is 29.8 Å². The van der Waals surface area contributed by atoms with E-state index in [4.69, 9.17) is 20.1 Å². The monoisotopic (exact) mass is 841 g/mol. The number of nitrogens with zero attached hydrogens (tertiary/aromatic N) is 9. The molecule has 1 unspecified atom stereocenters. The minimum atomic E-state index is -1.08. The van der Waals surface area contributed by atoms with E-state index in [1.54, 1.807) is 19.6 Å². The number of carboxylic acids is 5. The molecule has 1 atom stereocenters. The van der Waals surface area contributed by atoms with E-state index in [0.717, 1.165) is 64.1 Å². The first-order chi connectivity index (χ1) is 28.8. The van der Waals surface area contributed by atoms with Crippen molar-refractivity contribution in [3.8, 4) is 0 Å². The molecular weight excluding hydrogens is 782 g/mol. The van der Waals surface area contributed by atoms with Crippen molar-refractivity contribution < 1.29 is 49.5 Å². The molecule has 7 N–H and O–H groups in total. The van der Waals surface area contributed by atoms with Gasteiger partial charge in [-0.15, -0.1) is 0 Å². The van der Waals surface area contributed by atoms with E-state index in [-0.39, 0.29) is 78.4 Å². The molecule has 21 heteroatoms. The Morgan fingerprint density at radius 3 is 1.68 bits per heavy atom. The lowest BCUT2D eigenvalue weighted by atomic mass is 9.92. The molecule has 1 aromatic heterocycles. The highest BCUT2D eigenvalue weighted by Crippen LogP contribution is 2.27. The summed E-state index contributed by atoms with van der Waals surface area (Å²) < 4.78 is 0. The van der Waals surface area contributed by atoms with Crippen molar-refractivity contribution in [2.75, 3.05) is 126 Å². The van der Waals surface area contributed by atoms with Crippen LogP contribution >= 0.6 is 0 Å². The van der Waals surface area contributed by atoms with Gasteiger partial charge in [-0.3, -0.25) is 43.6 Å². The van der Waals surface area contributed by atoms with Gasteiger partial charge in [0.05, 0.1) is 26.2 Å². The Labute approximate surface area is 349 Å². The number of hydrogen-bond acceptors (Lipinski definition) is 16. The SMILES string of the molecule is O=C(O)CCCC1CCN(c2nc(Nc3ccc(CC4CN(CC(=O)O)CCN(CC(=O)O)CCN(CC(=O)O)CCN4CC(=O)O)cc3)nc(N3CCNCC3)n2)CC1. The molecule has 0 spiro atoms. The Bertz CT molecular complexity index is 1740. The van der Waals surface area contributed by atoms with Gasteiger partial charge in [0, 0.05) is 103 Å². The summed E-state index contributed by atoms with van der Waals surface area (Å²) in [7, 11) is 0. The van der Waals surface area contributed by atoms with Crippen LogP contribution in [0.4, 0.5) is 23.5 Å². The Balaban J connectivity index is 1.35. The Morgan fingerprint density at radius 2 is 1.13 bits per heavy atom. The van der Waals surface area contributed by atoms with Gasteiger partial charge in [0.15, 0.2) is 0 Å². The molecule has 0 bridgehead atoms. The second kappa shape index (κ2) is 23.0. The number of aromatic nitrogens is 3. The van der Waals surface area contributed by atoms with E-state index in [2.05, 4.69) is 20.4 Å². The molecule has 0 aliphatic carbocycles. The maximum absolute atomic E-state index is 12.2. The molecule has 330 valence electrons. The van der Waals surface area contributed by atoms with Gasteiger partial charge in [-0.1, -0.05) is 12.1 Å². The standard InChI is InChI=1S/C39H59N11O10/c51-32(52)3-1-2-28-8-12-48(13-9-28)38-42-37(43-39(44-38)49-14-10-40-11-15-49)41-30-6-4-29(5-7-30)22-31-23-47(26-35(57)58)19-18-45(24-33(53)54)16-17-46(25-34(55)56)20-21-50(31)27-36(59)60/h4-7,28,31,40H,1-3,8-27H2,(H,51,52)(H,53,54)(H,55,56)(H,57,58)(H,59,60)(H,41,42,43,44). The van der Waals surface area contributed by atoms with Crippen LogP contribution in [0.2, 0.25) is 0 Å². The fourth-order valence-electron chi connectivity index (χ4n) is 8.00. The summed E-state index contributed by atoms with van der Waals surface area (Å²) in [5, 5.41) is 54.6. The van der Waals surface area contributed by atoms with E-state index < -0.39 is 35.9 Å². The van der Waals surface area contributed by atoms with Crippen molar-refractivity contribution >= 4 is 53.4 Å². The molecule has 4 heterocycles. The molecule has 60 heavy (non-hydrogen) atoms. The maximum atomic E-state index is 12.2. The third-order valence-corrected chi connectivity index (χ3v) is 11.2. The van der Waals surface area contributed by atoms with Crippen molar-refractivity contribution in [3.63, 3.8) is 0 Å². The van der Waals surface area contributed by atoms with Gasteiger partial charge in [0.25, 0.3) is 0 Å². The molecule has 1 aromatic carbocycles. The van der Waals surface area contributed by atoms with E-state index in [0.29, 0.717) is 42.3 Å². The number of carboxylic acid groups (broad SMARTS) is 5. The Hall–Kier alpha value is -5.22. The van der Waals surface area contributed by atoms with Gasteiger partial charge < -0.3 is 46.0 Å². The van der Waals surface area contributed by atoms with Crippen LogP contribution in [-0.4, -0.2) is 207 Å². The summed E-state index contributed by atoms with van der Waals surface area (Å²) in [6, 6.07) is 7.05. The number of nitrogens with one attached hydrogen (secondary N) is 2. The molecule has 2 aromatic rings. The lowest BCUT2D eigenvalue weighted by Gasteiger charge is -2.37. The molecular formula is C39H59N11O10. The number of piperazine rings is 1. The molecule has 21 nitrogen and oxygen atoms in total. The number of hydrogen-bond donors (Lipinski definition) is 7. The third-order valence-electron chi connectivity index (χ3n) is 11.2. The van der Waals surface area contributed by atoms with Crippen LogP contribution in [0.25, 0.3) is 0 Å². The highest BCUT2D eigenvalue weighted by atomic mass is 16.4. The first kappa shape index (κ1) is 45.9. The molecule has 3 saturated heterocycles. The molecule has 3 aliphatic rings. The fraction of sp³-hybridized carbons (Fsp3) is 0.641. The Kier molecular flexibility index (Phi) is 17.5. The smallest absolute Gasteiger partial charge is 0.317 e. The Morgan fingerprint density at radius 1 is 0.617 bits per heavy atom. The van der Waals surface area contributed by atoms with Crippen LogP contribution in [0, 0.1) is 5.92 Å². The second-order valence-electron chi connectivity index (χ2n) is 15.7. The van der Waals surface area contributed by atoms with Crippen molar-refractivity contribution in [2.45, 2.75) is 44.6 Å². The summed E-state index contributed by atoms with van der Waals surface area (Å²) in [6.45, 7) is 4.74. The van der Waals surface area contributed by atoms with Gasteiger partial charge in [-0.2, -0.15) is 15.0 Å².